The van der Waals surface area contributed by atoms with Gasteiger partial charge in [-0.1, -0.05) is 38.3 Å². The molecule has 1 aliphatic carbocycles. The van der Waals surface area contributed by atoms with E-state index in [9.17, 15) is 14.7 Å². The fourth-order valence-corrected chi connectivity index (χ4v) is 3.76. The molecule has 0 aromatic heterocycles. The summed E-state index contributed by atoms with van der Waals surface area (Å²) in [6.07, 6.45) is 10.8. The summed E-state index contributed by atoms with van der Waals surface area (Å²) in [5.41, 5.74) is 0. The van der Waals surface area contributed by atoms with Gasteiger partial charge < -0.3 is 10.2 Å². The summed E-state index contributed by atoms with van der Waals surface area (Å²) in [5, 5.41) is 18.6. The highest BCUT2D eigenvalue weighted by atomic mass is 32.2. The van der Waals surface area contributed by atoms with Gasteiger partial charge in [0.05, 0.1) is 11.9 Å². The van der Waals surface area contributed by atoms with Gasteiger partial charge in [-0.05, 0) is 37.4 Å². The Bertz CT molecular complexity index is 394. The minimum atomic E-state index is -0.787. The summed E-state index contributed by atoms with van der Waals surface area (Å²) in [6.45, 7) is 2.14. The maximum absolute atomic E-state index is 12.0. The quantitative estimate of drug-likeness (QED) is 0.418. The monoisotopic (exact) mass is 342 g/mol. The Labute approximate surface area is 143 Å². The molecule has 0 spiro atoms. The number of unbranched alkanes of at least 4 members (excludes halogenated alkanes) is 2. The minimum Gasteiger partial charge on any atom is -0.481 e. The molecule has 23 heavy (non-hydrogen) atoms. The number of allylic oxidation sites excluding steroid dienone is 1. The number of carbonyl (C=O) groups excluding carboxylic acids is 1. The lowest BCUT2D eigenvalue weighted by Gasteiger charge is -2.15. The molecule has 0 aromatic rings. The van der Waals surface area contributed by atoms with Gasteiger partial charge >= 0.3 is 5.97 Å². The molecule has 3 atom stereocenters. The molecule has 1 rings (SSSR count). The van der Waals surface area contributed by atoms with Crippen molar-refractivity contribution in [3.8, 4) is 0 Å². The number of aliphatic carboxylic acids is 1. The highest BCUT2D eigenvalue weighted by molar-refractivity contribution is 7.99. The van der Waals surface area contributed by atoms with Crippen LogP contribution >= 0.6 is 11.8 Å². The molecule has 0 aliphatic heterocycles. The highest BCUT2D eigenvalue weighted by Gasteiger charge is 2.32. The van der Waals surface area contributed by atoms with Crippen LogP contribution < -0.4 is 0 Å². The number of carboxylic acid groups (broad SMARTS) is 1. The molecular weight excluding hydrogens is 312 g/mol. The van der Waals surface area contributed by atoms with Crippen LogP contribution in [-0.2, 0) is 9.59 Å². The van der Waals surface area contributed by atoms with E-state index in [1.807, 2.05) is 12.2 Å². The number of rotatable bonds is 12. The first-order valence-corrected chi connectivity index (χ1v) is 9.88. The summed E-state index contributed by atoms with van der Waals surface area (Å²) in [5.74, 6) is 0.749. The van der Waals surface area contributed by atoms with Gasteiger partial charge in [-0.15, -0.1) is 0 Å². The smallest absolute Gasteiger partial charge is 0.313 e. The van der Waals surface area contributed by atoms with Crippen molar-refractivity contribution in [2.45, 2.75) is 64.4 Å². The molecule has 5 heteroatoms. The van der Waals surface area contributed by atoms with Crippen LogP contribution in [0, 0.1) is 11.8 Å². The van der Waals surface area contributed by atoms with E-state index in [1.54, 1.807) is 0 Å². The average Bonchev–Trinajstić information content (AvgIpc) is 2.85. The molecule has 4 nitrogen and oxygen atoms in total. The molecule has 2 N–H and O–H groups in total. The molecule has 1 saturated carbocycles. The van der Waals surface area contributed by atoms with Crippen molar-refractivity contribution in [2.24, 2.45) is 11.8 Å². The number of thioether (sulfide) groups is 1. The lowest BCUT2D eigenvalue weighted by Crippen LogP contribution is -2.14. The average molecular weight is 343 g/mol. The number of carboxylic acids is 1. The van der Waals surface area contributed by atoms with Gasteiger partial charge in [0.2, 0.25) is 0 Å². The molecular formula is C18H30O4S. The summed E-state index contributed by atoms with van der Waals surface area (Å²) < 4.78 is 0. The molecule has 1 unspecified atom stereocenters. The second-order valence-electron chi connectivity index (χ2n) is 6.31. The van der Waals surface area contributed by atoms with Crippen LogP contribution in [-0.4, -0.2) is 39.6 Å². The Morgan fingerprint density at radius 2 is 2.17 bits per heavy atom. The van der Waals surface area contributed by atoms with Gasteiger partial charge in [0.15, 0.2) is 0 Å². The van der Waals surface area contributed by atoms with Gasteiger partial charge in [0.1, 0.15) is 5.78 Å². The number of Topliss-reactive ketones (excluding diaryl/α,β-unsaturated/α-hetero) is 1. The van der Waals surface area contributed by atoms with Crippen molar-refractivity contribution in [3.05, 3.63) is 12.2 Å². The molecule has 1 aliphatic rings. The third-order valence-electron chi connectivity index (χ3n) is 4.37. The number of carbonyl (C=O) groups is 2. The number of hydrogen-bond donors (Lipinski definition) is 2. The van der Waals surface area contributed by atoms with E-state index in [0.29, 0.717) is 12.2 Å². The van der Waals surface area contributed by atoms with Crippen LogP contribution in [0.4, 0.5) is 0 Å². The molecule has 0 heterocycles. The Kier molecular flexibility index (Phi) is 10.3. The first kappa shape index (κ1) is 20.2. The standard InChI is InChI=1S/C18H30O4S/c1-2-3-4-6-15(19)10-8-14-9-11-17(20)16(14)7-5-12-23-13-18(21)22/h8,10,14-16,19H,2-7,9,11-13H2,1H3,(H,21,22)/b10-8+/t14?,15-,16+/m0/s1. The Morgan fingerprint density at radius 1 is 1.39 bits per heavy atom. The summed E-state index contributed by atoms with van der Waals surface area (Å²) >= 11 is 1.41. The predicted octanol–water partition coefficient (Wildman–Crippen LogP) is 3.68. The van der Waals surface area contributed by atoms with Crippen LogP contribution in [0.2, 0.25) is 0 Å². The second kappa shape index (κ2) is 11.7. The molecule has 0 radical (unpaired) electrons. The molecule has 0 saturated heterocycles. The third-order valence-corrected chi connectivity index (χ3v) is 5.40. The summed E-state index contributed by atoms with van der Waals surface area (Å²) in [6, 6.07) is 0. The van der Waals surface area contributed by atoms with Crippen LogP contribution in [0.15, 0.2) is 12.2 Å². The minimum absolute atomic E-state index is 0.0551. The number of aliphatic hydroxyl groups excluding tert-OH is 1. The van der Waals surface area contributed by atoms with Crippen molar-refractivity contribution in [1.29, 1.82) is 0 Å². The van der Waals surface area contributed by atoms with E-state index >= 15 is 0 Å². The third kappa shape index (κ3) is 8.56. The van der Waals surface area contributed by atoms with Crippen molar-refractivity contribution in [2.75, 3.05) is 11.5 Å². The molecule has 132 valence electrons. The fourth-order valence-electron chi connectivity index (χ4n) is 3.08. The Hall–Kier alpha value is -0.810. The Morgan fingerprint density at radius 3 is 2.87 bits per heavy atom. The van der Waals surface area contributed by atoms with Gasteiger partial charge in [-0.25, -0.2) is 0 Å². The molecule has 0 bridgehead atoms. The summed E-state index contributed by atoms with van der Waals surface area (Å²) in [7, 11) is 0. The maximum Gasteiger partial charge on any atom is 0.313 e. The van der Waals surface area contributed by atoms with E-state index in [0.717, 1.165) is 50.7 Å². The maximum atomic E-state index is 12.0. The van der Waals surface area contributed by atoms with E-state index in [-0.39, 0.29) is 17.6 Å². The zero-order valence-electron chi connectivity index (χ0n) is 14.1. The predicted molar refractivity (Wildman–Crippen MR) is 94.7 cm³/mol. The Balaban J connectivity index is 2.32. The first-order chi connectivity index (χ1) is 11.0. The lowest BCUT2D eigenvalue weighted by atomic mass is 9.90. The van der Waals surface area contributed by atoms with E-state index < -0.39 is 12.1 Å². The largest absolute Gasteiger partial charge is 0.481 e. The normalized spacial score (nSPS) is 22.8. The van der Waals surface area contributed by atoms with Crippen molar-refractivity contribution >= 4 is 23.5 Å². The fraction of sp³-hybridized carbons (Fsp3) is 0.778. The van der Waals surface area contributed by atoms with E-state index in [2.05, 4.69) is 6.92 Å². The number of hydrogen-bond acceptors (Lipinski definition) is 4. The van der Waals surface area contributed by atoms with Gasteiger partial charge in [0, 0.05) is 12.3 Å². The summed E-state index contributed by atoms with van der Waals surface area (Å²) in [4.78, 5) is 22.5. The number of ketones is 1. The van der Waals surface area contributed by atoms with Crippen molar-refractivity contribution in [1.82, 2.24) is 0 Å². The zero-order chi connectivity index (χ0) is 17.1. The number of aliphatic hydroxyl groups is 1. The van der Waals surface area contributed by atoms with Crippen LogP contribution in [0.25, 0.3) is 0 Å². The van der Waals surface area contributed by atoms with Crippen molar-refractivity contribution in [3.63, 3.8) is 0 Å². The van der Waals surface area contributed by atoms with Crippen LogP contribution in [0.3, 0.4) is 0 Å². The highest BCUT2D eigenvalue weighted by Crippen LogP contribution is 2.33. The molecule has 0 aromatic carbocycles. The SMILES string of the molecule is CCCCC[C@H](O)/C=C/C1CCC(=O)[C@@H]1CCCSCC(=O)O. The van der Waals surface area contributed by atoms with Crippen LogP contribution in [0.1, 0.15) is 58.3 Å². The molecule has 1 fully saturated rings. The van der Waals surface area contributed by atoms with Gasteiger partial charge in [-0.3, -0.25) is 9.59 Å². The van der Waals surface area contributed by atoms with Gasteiger partial charge in [-0.2, -0.15) is 11.8 Å². The molecule has 0 amide bonds. The van der Waals surface area contributed by atoms with Crippen LogP contribution in [0.5, 0.6) is 0 Å². The van der Waals surface area contributed by atoms with E-state index in [4.69, 9.17) is 5.11 Å². The first-order valence-electron chi connectivity index (χ1n) is 8.73. The topological polar surface area (TPSA) is 74.6 Å². The van der Waals surface area contributed by atoms with Gasteiger partial charge in [0.25, 0.3) is 0 Å². The second-order valence-corrected chi connectivity index (χ2v) is 7.42. The zero-order valence-corrected chi connectivity index (χ0v) is 14.9. The van der Waals surface area contributed by atoms with E-state index in [1.165, 1.54) is 11.8 Å². The van der Waals surface area contributed by atoms with Crippen molar-refractivity contribution < 1.29 is 19.8 Å². The lowest BCUT2D eigenvalue weighted by molar-refractivity contribution is -0.134.